The van der Waals surface area contributed by atoms with Crippen molar-refractivity contribution in [2.75, 3.05) is 0 Å². The predicted octanol–water partition coefficient (Wildman–Crippen LogP) is -1.46. The molecule has 0 bridgehead atoms. The van der Waals surface area contributed by atoms with E-state index in [-0.39, 0.29) is 71.2 Å². The Kier molecular flexibility index (Phi) is 31.6. The van der Waals surface area contributed by atoms with Crippen LogP contribution in [0.15, 0.2) is 36.5 Å². The number of nitrogens with two attached hydrogens (primary N) is 2. The van der Waals surface area contributed by atoms with Crippen molar-refractivity contribution in [1.29, 1.82) is 0 Å². The molecule has 23 heavy (non-hydrogen) atoms. The van der Waals surface area contributed by atoms with Gasteiger partial charge >= 0.3 is 0 Å². The van der Waals surface area contributed by atoms with Crippen molar-refractivity contribution in [1.82, 2.24) is 5.43 Å². The Labute approximate surface area is 186 Å². The summed E-state index contributed by atoms with van der Waals surface area (Å²) in [7, 11) is -4.86. The Morgan fingerprint density at radius 1 is 0.913 bits per heavy atom. The first kappa shape index (κ1) is 30.5. The maximum atomic E-state index is 9.77. The molecule has 0 amide bonds. The molecule has 2 radical (unpaired) electrons. The van der Waals surface area contributed by atoms with Gasteiger partial charge in [-0.3, -0.25) is 5.43 Å². The molecule has 0 aliphatic rings. The van der Waals surface area contributed by atoms with E-state index in [9.17, 15) is 16.8 Å². The largest absolute Gasteiger partial charge is 0.402 e. The van der Waals surface area contributed by atoms with E-state index in [1.165, 1.54) is 0 Å². The Morgan fingerprint density at radius 2 is 1.39 bits per heavy atom. The Hall–Kier alpha value is -0.402. The van der Waals surface area contributed by atoms with Crippen LogP contribution in [-0.4, -0.2) is 31.2 Å². The Bertz CT molecular complexity index is 581. The fourth-order valence-corrected chi connectivity index (χ4v) is 0.722. The minimum absolute atomic E-state index is 0. The summed E-state index contributed by atoms with van der Waals surface area (Å²) >= 11 is 0. The van der Waals surface area contributed by atoms with Gasteiger partial charge in [-0.1, -0.05) is 6.58 Å². The van der Waals surface area contributed by atoms with Crippen LogP contribution in [0.25, 0.3) is 0 Å². The minimum atomic E-state index is -2.43. The first-order valence-electron chi connectivity index (χ1n) is 4.64. The minimum Gasteiger partial charge on any atom is -0.402 e. The average Bonchev–Trinajstić information content (AvgIpc) is 2.38. The van der Waals surface area contributed by atoms with Gasteiger partial charge in [-0.2, -0.15) is 10.2 Å². The summed E-state index contributed by atoms with van der Waals surface area (Å²) in [6.45, 7) is 3.27. The molecule has 0 unspecified atom stereocenters. The number of hydrazone groups is 1. The van der Waals surface area contributed by atoms with Gasteiger partial charge in [0.05, 0.1) is 12.4 Å². The van der Waals surface area contributed by atoms with Crippen LogP contribution in [0.5, 0.6) is 0 Å². The van der Waals surface area contributed by atoms with E-state index in [2.05, 4.69) is 36.1 Å². The van der Waals surface area contributed by atoms with Crippen molar-refractivity contribution in [3.63, 3.8) is 0 Å². The zero-order valence-electron chi connectivity index (χ0n) is 11.6. The van der Waals surface area contributed by atoms with Gasteiger partial charge in [-0.15, -0.1) is 5.10 Å². The second kappa shape index (κ2) is 23.9. The van der Waals surface area contributed by atoms with E-state index in [1.54, 1.807) is 0 Å². The molecule has 0 saturated heterocycles. The average molecular weight is 514 g/mol. The number of nitrogens with zero attached hydrogens (tertiary/aromatic N) is 5. The molecular formula is C7H12N8O4S2Y2-2. The molecule has 0 heterocycles. The van der Waals surface area contributed by atoms with E-state index < -0.39 is 21.8 Å². The van der Waals surface area contributed by atoms with Gasteiger partial charge in [0.25, 0.3) is 0 Å². The molecular weight excluding hydrogens is 502 g/mol. The van der Waals surface area contributed by atoms with E-state index in [4.69, 9.17) is 11.5 Å². The monoisotopic (exact) mass is 514 g/mol. The fraction of sp³-hybridized carbons (Fsp3) is 0. The van der Waals surface area contributed by atoms with Crippen molar-refractivity contribution in [2.45, 2.75) is 0 Å². The summed E-state index contributed by atoms with van der Waals surface area (Å²) < 4.78 is 44.8. The summed E-state index contributed by atoms with van der Waals surface area (Å²) in [5, 5.41) is 9.88. The van der Waals surface area contributed by atoms with Crippen LogP contribution in [-0.2, 0) is 104 Å². The summed E-state index contributed by atoms with van der Waals surface area (Å²) in [6.07, 6.45) is 5.18. The maximum absolute atomic E-state index is 9.77. The first-order chi connectivity index (χ1) is 9.90. The normalized spacial score (nSPS) is 11.0. The maximum Gasteiger partial charge on any atom is 0.109 e. The van der Waals surface area contributed by atoms with Crippen LogP contribution in [0, 0.1) is 0 Å². The van der Waals surface area contributed by atoms with Crippen molar-refractivity contribution in [2.24, 2.45) is 35.6 Å². The molecule has 0 aromatic heterocycles. The SMILES string of the molecule is C=C(N)NN=CC=N[S-](=O)=O.NC=NN=CC=N[S-](=O)=O.[Y].[Y]. The van der Waals surface area contributed by atoms with Gasteiger partial charge in [0.15, 0.2) is 0 Å². The Balaban J connectivity index is -0.000000145. The second-order valence-electron chi connectivity index (χ2n) is 2.39. The predicted molar refractivity (Wildman–Crippen MR) is 80.6 cm³/mol. The summed E-state index contributed by atoms with van der Waals surface area (Å²) in [5.41, 5.74) is 12.1. The molecule has 0 aliphatic heterocycles. The molecule has 0 atom stereocenters. The van der Waals surface area contributed by atoms with E-state index >= 15 is 0 Å². The fourth-order valence-electron chi connectivity index (χ4n) is 0.414. The van der Waals surface area contributed by atoms with Gasteiger partial charge in [0.1, 0.15) is 12.2 Å². The molecule has 0 saturated carbocycles. The van der Waals surface area contributed by atoms with E-state index in [0.717, 1.165) is 31.2 Å². The van der Waals surface area contributed by atoms with Gasteiger partial charge < -0.3 is 37.1 Å². The topological polar surface area (TPSA) is 194 Å². The molecule has 124 valence electrons. The van der Waals surface area contributed by atoms with Crippen LogP contribution >= 0.6 is 0 Å². The van der Waals surface area contributed by atoms with Crippen LogP contribution in [0.2, 0.25) is 0 Å². The van der Waals surface area contributed by atoms with E-state index in [0.29, 0.717) is 0 Å². The molecule has 12 nitrogen and oxygen atoms in total. The van der Waals surface area contributed by atoms with E-state index in [1.807, 2.05) is 0 Å². The third-order valence-corrected chi connectivity index (χ3v) is 1.50. The van der Waals surface area contributed by atoms with Crippen LogP contribution in [0.1, 0.15) is 0 Å². The van der Waals surface area contributed by atoms with Crippen LogP contribution in [0.3, 0.4) is 0 Å². The van der Waals surface area contributed by atoms with Crippen molar-refractivity contribution in [3.8, 4) is 0 Å². The number of rotatable bonds is 7. The summed E-state index contributed by atoms with van der Waals surface area (Å²) in [4.78, 5) is 0. The van der Waals surface area contributed by atoms with Crippen LogP contribution in [0.4, 0.5) is 0 Å². The molecule has 5 N–H and O–H groups in total. The molecule has 0 spiro atoms. The van der Waals surface area contributed by atoms with Gasteiger partial charge in [0, 0.05) is 99.6 Å². The smallest absolute Gasteiger partial charge is 0.109 e. The zero-order chi connectivity index (χ0) is 16.5. The first-order valence-corrected chi connectivity index (χ1v) is 6.70. The standard InChI is InChI=1S/C4H7N4O2S.C3H5N4O2S.2Y/c1-4(5)8-6-2-3-7-11(9)10;4-3-6-5-1-2-7-10(8)9;;/h2-3,8H,1,5H2;1-3H,(H2,4,6);;/q2*-1;;. The number of nitrogens with one attached hydrogen (secondary N) is 1. The number of hydrogen-bond donors (Lipinski definition) is 3. The van der Waals surface area contributed by atoms with Gasteiger partial charge in [-0.05, 0) is 0 Å². The molecule has 0 rings (SSSR count). The molecule has 0 fully saturated rings. The van der Waals surface area contributed by atoms with Crippen molar-refractivity contribution < 1.29 is 82.3 Å². The molecule has 0 aromatic carbocycles. The third kappa shape index (κ3) is 38.9. The summed E-state index contributed by atoms with van der Waals surface area (Å²) in [6, 6.07) is 0. The van der Waals surface area contributed by atoms with Crippen molar-refractivity contribution in [3.05, 3.63) is 12.4 Å². The van der Waals surface area contributed by atoms with Crippen LogP contribution < -0.4 is 16.9 Å². The Morgan fingerprint density at radius 3 is 1.78 bits per heavy atom. The molecule has 0 aliphatic carbocycles. The third-order valence-electron chi connectivity index (χ3n) is 0.910. The van der Waals surface area contributed by atoms with Gasteiger partial charge in [0.2, 0.25) is 0 Å². The zero-order valence-corrected chi connectivity index (χ0v) is 18.9. The second-order valence-corrected chi connectivity index (χ2v) is 3.68. The molecule has 16 heteroatoms. The summed E-state index contributed by atoms with van der Waals surface area (Å²) in [5.74, 6) is 0.165. The van der Waals surface area contributed by atoms with Crippen molar-refractivity contribution >= 4 is 53.0 Å². The number of hydrogen-bond acceptors (Lipinski definition) is 11. The molecule has 0 aromatic rings. The van der Waals surface area contributed by atoms with Gasteiger partial charge in [-0.25, -0.2) is 0 Å². The quantitative estimate of drug-likeness (QED) is 0.160.